The number of benzene rings is 1. The molecule has 3 aliphatic rings. The number of anilines is 1. The molecule has 0 saturated carbocycles. The number of fused-ring (bicyclic) bond motifs is 3. The van der Waals surface area contributed by atoms with Gasteiger partial charge in [0.2, 0.25) is 11.8 Å². The van der Waals surface area contributed by atoms with Crippen LogP contribution in [0.4, 0.5) is 5.69 Å². The molecule has 1 amide bonds. The summed E-state index contributed by atoms with van der Waals surface area (Å²) in [5.74, 6) is 0.152. The van der Waals surface area contributed by atoms with Crippen molar-refractivity contribution in [2.45, 2.75) is 64.8 Å². The fraction of sp³-hybridized carbons (Fsp3) is 0.400. The largest absolute Gasteiger partial charge is 0.440 e. The van der Waals surface area contributed by atoms with Gasteiger partial charge in [-0.15, -0.1) is 0 Å². The summed E-state index contributed by atoms with van der Waals surface area (Å²) in [5, 5.41) is 10.2. The van der Waals surface area contributed by atoms with E-state index >= 15 is 0 Å². The van der Waals surface area contributed by atoms with Gasteiger partial charge in [0.1, 0.15) is 28.7 Å². The minimum absolute atomic E-state index is 0.0209. The molecule has 7 heteroatoms. The summed E-state index contributed by atoms with van der Waals surface area (Å²) in [5.41, 5.74) is 7.53. The normalized spacial score (nSPS) is 24.8. The van der Waals surface area contributed by atoms with Crippen molar-refractivity contribution in [1.82, 2.24) is 0 Å². The van der Waals surface area contributed by atoms with Crippen molar-refractivity contribution >= 4 is 11.6 Å². The van der Waals surface area contributed by atoms with Crippen LogP contribution >= 0.6 is 0 Å². The summed E-state index contributed by atoms with van der Waals surface area (Å²) in [7, 11) is 0. The van der Waals surface area contributed by atoms with Gasteiger partial charge in [0.05, 0.1) is 5.69 Å². The number of nitrogens with two attached hydrogens (primary N) is 1. The van der Waals surface area contributed by atoms with E-state index in [9.17, 15) is 14.9 Å². The van der Waals surface area contributed by atoms with Crippen LogP contribution in [0.3, 0.4) is 0 Å². The smallest absolute Gasteiger partial charge is 0.344 e. The van der Waals surface area contributed by atoms with Crippen LogP contribution in [-0.2, 0) is 10.2 Å². The van der Waals surface area contributed by atoms with E-state index in [1.54, 1.807) is 17.9 Å². The summed E-state index contributed by atoms with van der Waals surface area (Å²) in [6.07, 6.45) is 0.747. The minimum atomic E-state index is -1.71. The number of nitrogens with zero attached hydrogens (tertiary/aromatic N) is 2. The Kier molecular flexibility index (Phi) is 3.84. The fourth-order valence-corrected chi connectivity index (χ4v) is 5.99. The lowest BCUT2D eigenvalue weighted by Crippen LogP contribution is -2.55. The molecule has 5 rings (SSSR count). The zero-order chi connectivity index (χ0) is 23.3. The third kappa shape index (κ3) is 2.15. The lowest BCUT2D eigenvalue weighted by atomic mass is 9.67. The standard InChI is InChI=1S/C25H25N3O4/c1-11-7-15-12(2)9-24(5,6)28-20(15)18(14(11)4)25(23(28)30)16(10-26)21(27)32-17-8-13(3)31-22(29)19(17)25/h7-8,12H,9,27H2,1-6H3. The molecule has 0 saturated heterocycles. The van der Waals surface area contributed by atoms with E-state index in [1.165, 1.54) is 0 Å². The van der Waals surface area contributed by atoms with E-state index in [0.717, 1.165) is 28.8 Å². The highest BCUT2D eigenvalue weighted by atomic mass is 16.5. The first kappa shape index (κ1) is 20.4. The van der Waals surface area contributed by atoms with Crippen molar-refractivity contribution in [3.05, 3.63) is 67.6 Å². The lowest BCUT2D eigenvalue weighted by molar-refractivity contribution is -0.122. The molecule has 3 aliphatic heterocycles. The maximum absolute atomic E-state index is 14.5. The van der Waals surface area contributed by atoms with E-state index in [-0.39, 0.29) is 34.6 Å². The Morgan fingerprint density at radius 1 is 1.19 bits per heavy atom. The molecule has 0 bridgehead atoms. The molecule has 0 radical (unpaired) electrons. The first-order chi connectivity index (χ1) is 15.0. The van der Waals surface area contributed by atoms with Gasteiger partial charge in [-0.05, 0) is 63.6 Å². The summed E-state index contributed by atoms with van der Waals surface area (Å²) in [4.78, 5) is 29.6. The molecule has 2 aromatic rings. The number of nitriles is 1. The Balaban J connectivity index is 2.06. The fourth-order valence-electron chi connectivity index (χ4n) is 5.99. The maximum Gasteiger partial charge on any atom is 0.344 e. The maximum atomic E-state index is 14.5. The topological polar surface area (TPSA) is 110 Å². The van der Waals surface area contributed by atoms with Gasteiger partial charge in [-0.1, -0.05) is 13.0 Å². The first-order valence-corrected chi connectivity index (χ1v) is 10.7. The van der Waals surface area contributed by atoms with Crippen LogP contribution in [0.1, 0.15) is 66.7 Å². The number of carbonyl (C=O) groups excluding carboxylic acids is 1. The number of aryl methyl sites for hydroxylation is 2. The highest BCUT2D eigenvalue weighted by Crippen LogP contribution is 2.61. The molecule has 4 heterocycles. The van der Waals surface area contributed by atoms with Crippen molar-refractivity contribution in [2.75, 3.05) is 4.90 Å². The van der Waals surface area contributed by atoms with Crippen molar-refractivity contribution < 1.29 is 13.9 Å². The van der Waals surface area contributed by atoms with Gasteiger partial charge >= 0.3 is 5.63 Å². The molecule has 2 atom stereocenters. The SMILES string of the molecule is Cc1cc2c(c(=O)o1)C1(C(=O)N3c4c(cc(C)c(C)c41)C(C)CC3(C)C)C(C#N)=C(N)O2. The third-order valence-corrected chi connectivity index (χ3v) is 7.28. The molecular formula is C25H25N3O4. The van der Waals surface area contributed by atoms with Crippen LogP contribution in [0.5, 0.6) is 5.75 Å². The molecule has 1 aromatic heterocycles. The molecule has 1 spiro atoms. The highest BCUT2D eigenvalue weighted by molar-refractivity contribution is 6.16. The number of rotatable bonds is 0. The Morgan fingerprint density at radius 3 is 2.53 bits per heavy atom. The predicted octanol–water partition coefficient (Wildman–Crippen LogP) is 3.57. The van der Waals surface area contributed by atoms with Gasteiger partial charge in [-0.2, -0.15) is 5.26 Å². The second-order valence-electron chi connectivity index (χ2n) is 9.78. The molecule has 1 aromatic carbocycles. The highest BCUT2D eigenvalue weighted by Gasteiger charge is 2.65. The quantitative estimate of drug-likeness (QED) is 0.683. The number of amides is 1. The molecule has 164 valence electrons. The van der Waals surface area contributed by atoms with Crippen molar-refractivity contribution in [3.8, 4) is 11.8 Å². The van der Waals surface area contributed by atoms with Crippen LogP contribution in [0.25, 0.3) is 0 Å². The van der Waals surface area contributed by atoms with E-state index in [2.05, 4.69) is 19.1 Å². The number of hydrogen-bond donors (Lipinski definition) is 1. The Labute approximate surface area is 186 Å². The van der Waals surface area contributed by atoms with Crippen LogP contribution in [0.15, 0.2) is 32.8 Å². The Morgan fingerprint density at radius 2 is 1.88 bits per heavy atom. The van der Waals surface area contributed by atoms with Gasteiger partial charge in [-0.3, -0.25) is 4.79 Å². The molecule has 7 nitrogen and oxygen atoms in total. The molecular weight excluding hydrogens is 406 g/mol. The van der Waals surface area contributed by atoms with E-state index in [0.29, 0.717) is 11.3 Å². The summed E-state index contributed by atoms with van der Waals surface area (Å²) < 4.78 is 11.1. The van der Waals surface area contributed by atoms with Crippen LogP contribution < -0.4 is 21.0 Å². The van der Waals surface area contributed by atoms with Gasteiger partial charge in [0, 0.05) is 17.2 Å². The average Bonchev–Trinajstić information content (AvgIpc) is 2.93. The van der Waals surface area contributed by atoms with Crippen molar-refractivity contribution in [2.24, 2.45) is 5.73 Å². The van der Waals surface area contributed by atoms with Gasteiger partial charge in [0.15, 0.2) is 5.41 Å². The van der Waals surface area contributed by atoms with Crippen LogP contribution in [0, 0.1) is 32.1 Å². The van der Waals surface area contributed by atoms with Crippen molar-refractivity contribution in [1.29, 1.82) is 5.26 Å². The van der Waals surface area contributed by atoms with Crippen molar-refractivity contribution in [3.63, 3.8) is 0 Å². The third-order valence-electron chi connectivity index (χ3n) is 7.28. The predicted molar refractivity (Wildman–Crippen MR) is 118 cm³/mol. The van der Waals surface area contributed by atoms with E-state index in [1.807, 2.05) is 27.7 Å². The number of hydrogen-bond acceptors (Lipinski definition) is 6. The molecule has 0 aliphatic carbocycles. The molecule has 2 N–H and O–H groups in total. The zero-order valence-electron chi connectivity index (χ0n) is 19.0. The molecule has 2 unspecified atom stereocenters. The number of carbonyl (C=O) groups is 1. The van der Waals surface area contributed by atoms with E-state index in [4.69, 9.17) is 14.9 Å². The summed E-state index contributed by atoms with van der Waals surface area (Å²) in [6, 6.07) is 5.78. The lowest BCUT2D eigenvalue weighted by Gasteiger charge is -2.44. The Bertz CT molecular complexity index is 1380. The van der Waals surface area contributed by atoms with Gasteiger partial charge in [-0.25, -0.2) is 4.79 Å². The monoisotopic (exact) mass is 431 g/mol. The average molecular weight is 431 g/mol. The zero-order valence-corrected chi connectivity index (χ0v) is 19.0. The van der Waals surface area contributed by atoms with Crippen LogP contribution in [0.2, 0.25) is 0 Å². The summed E-state index contributed by atoms with van der Waals surface area (Å²) in [6.45, 7) is 11.7. The Hall–Kier alpha value is -3.53. The first-order valence-electron chi connectivity index (χ1n) is 10.7. The second kappa shape index (κ2) is 6.04. The molecule has 0 fully saturated rings. The van der Waals surface area contributed by atoms with Gasteiger partial charge < -0.3 is 19.8 Å². The second-order valence-corrected chi connectivity index (χ2v) is 9.78. The van der Waals surface area contributed by atoms with Crippen LogP contribution in [-0.4, -0.2) is 11.4 Å². The van der Waals surface area contributed by atoms with E-state index < -0.39 is 16.6 Å². The minimum Gasteiger partial charge on any atom is -0.440 e. The summed E-state index contributed by atoms with van der Waals surface area (Å²) >= 11 is 0. The number of ether oxygens (including phenoxy) is 1. The molecule has 32 heavy (non-hydrogen) atoms. The van der Waals surface area contributed by atoms with Gasteiger partial charge in [0.25, 0.3) is 0 Å².